The van der Waals surface area contributed by atoms with Crippen molar-refractivity contribution in [2.24, 2.45) is 0 Å². The lowest BCUT2D eigenvalue weighted by Crippen LogP contribution is -2.32. The van der Waals surface area contributed by atoms with Crippen molar-refractivity contribution in [3.05, 3.63) is 107 Å². The van der Waals surface area contributed by atoms with Crippen LogP contribution in [0.5, 0.6) is 0 Å². The Bertz CT molecular complexity index is 1200. The van der Waals surface area contributed by atoms with Crippen LogP contribution in [0.2, 0.25) is 0 Å². The Morgan fingerprint density at radius 3 is 1.35 bits per heavy atom. The van der Waals surface area contributed by atoms with Gasteiger partial charge in [0.2, 0.25) is 0 Å². The molecule has 4 N–H and O–H groups in total. The number of hydrogen-bond acceptors (Lipinski definition) is 2. The first-order valence-corrected chi connectivity index (χ1v) is 12.4. The van der Waals surface area contributed by atoms with E-state index in [4.69, 9.17) is 11.5 Å². The van der Waals surface area contributed by atoms with E-state index in [-0.39, 0.29) is 5.41 Å². The summed E-state index contributed by atoms with van der Waals surface area (Å²) >= 11 is 0. The van der Waals surface area contributed by atoms with Crippen LogP contribution >= 0.6 is 0 Å². The number of hydrogen-bond donors (Lipinski definition) is 2. The van der Waals surface area contributed by atoms with Gasteiger partial charge in [-0.1, -0.05) is 115 Å². The molecule has 1 saturated carbocycles. The van der Waals surface area contributed by atoms with Gasteiger partial charge in [-0.15, -0.1) is 0 Å². The average molecular weight is 447 g/mol. The molecule has 172 valence electrons. The molecule has 2 heteroatoms. The van der Waals surface area contributed by atoms with Crippen molar-refractivity contribution in [1.82, 2.24) is 0 Å². The van der Waals surface area contributed by atoms with Crippen molar-refractivity contribution in [3.63, 3.8) is 0 Å². The van der Waals surface area contributed by atoms with Crippen LogP contribution in [-0.2, 0) is 5.41 Å². The highest BCUT2D eigenvalue weighted by atomic mass is 14.6. The zero-order chi connectivity index (χ0) is 23.7. The quantitative estimate of drug-likeness (QED) is 0.312. The van der Waals surface area contributed by atoms with Crippen molar-refractivity contribution in [2.45, 2.75) is 51.4 Å². The molecule has 0 aromatic heterocycles. The summed E-state index contributed by atoms with van der Waals surface area (Å²) in [5.41, 5.74) is 25.0. The number of rotatable bonds is 4. The minimum atomic E-state index is -0.173. The van der Waals surface area contributed by atoms with Crippen LogP contribution in [0, 0.1) is 13.8 Å². The first-order chi connectivity index (χ1) is 16.5. The van der Waals surface area contributed by atoms with Gasteiger partial charge < -0.3 is 11.5 Å². The summed E-state index contributed by atoms with van der Waals surface area (Å²) in [7, 11) is 0. The normalized spacial score (nSPS) is 15.2. The van der Waals surface area contributed by atoms with Crippen molar-refractivity contribution in [3.8, 4) is 22.3 Å². The summed E-state index contributed by atoms with van der Waals surface area (Å²) < 4.78 is 0. The zero-order valence-corrected chi connectivity index (χ0v) is 20.3. The van der Waals surface area contributed by atoms with E-state index in [2.05, 4.69) is 98.8 Å². The number of anilines is 2. The Hall–Kier alpha value is -3.52. The van der Waals surface area contributed by atoms with Crippen LogP contribution < -0.4 is 11.5 Å². The maximum Gasteiger partial charge on any atom is 0.0435 e. The van der Waals surface area contributed by atoms with Gasteiger partial charge >= 0.3 is 0 Å². The van der Waals surface area contributed by atoms with E-state index >= 15 is 0 Å². The first-order valence-electron chi connectivity index (χ1n) is 12.4. The SMILES string of the molecule is Cc1ccc(-c2cccc(C3(c4cccc(-c5ccc(C)cc5)c4N)CCCCC3)c2N)cc1. The summed E-state index contributed by atoms with van der Waals surface area (Å²) in [6, 6.07) is 30.4. The predicted molar refractivity (Wildman–Crippen MR) is 146 cm³/mol. The molecule has 0 saturated heterocycles. The number of nitrogens with two attached hydrogens (primary N) is 2. The Balaban J connectivity index is 1.69. The molecule has 4 aromatic carbocycles. The second-order valence-corrected chi connectivity index (χ2v) is 9.91. The van der Waals surface area contributed by atoms with E-state index < -0.39 is 0 Å². The smallest absolute Gasteiger partial charge is 0.0435 e. The van der Waals surface area contributed by atoms with E-state index in [1.54, 1.807) is 0 Å². The lowest BCUT2D eigenvalue weighted by atomic mass is 9.63. The highest BCUT2D eigenvalue weighted by Crippen LogP contribution is 2.51. The highest BCUT2D eigenvalue weighted by Gasteiger charge is 2.39. The summed E-state index contributed by atoms with van der Waals surface area (Å²) in [5, 5.41) is 0. The molecule has 0 unspecified atom stereocenters. The molecule has 4 aromatic rings. The fourth-order valence-electron chi connectivity index (χ4n) is 5.77. The molecule has 0 heterocycles. The van der Waals surface area contributed by atoms with Crippen LogP contribution in [0.1, 0.15) is 54.4 Å². The standard InChI is InChI=1S/C32H34N2/c1-22-12-16-24(17-13-22)26-8-6-10-28(30(26)33)32(20-4-3-5-21-32)29-11-7-9-27(31(29)34)25-18-14-23(2)15-19-25/h6-19H,3-5,20-21,33-34H2,1-2H3. The molecule has 0 amide bonds. The fraction of sp³-hybridized carbons (Fsp3) is 0.250. The summed E-state index contributed by atoms with van der Waals surface area (Å²) in [4.78, 5) is 0. The van der Waals surface area contributed by atoms with Gasteiger partial charge in [0, 0.05) is 27.9 Å². The molecule has 34 heavy (non-hydrogen) atoms. The second kappa shape index (κ2) is 9.02. The molecular weight excluding hydrogens is 412 g/mol. The minimum absolute atomic E-state index is 0.173. The molecule has 1 aliphatic carbocycles. The molecule has 0 bridgehead atoms. The fourth-order valence-corrected chi connectivity index (χ4v) is 5.77. The number of nitrogen functional groups attached to an aromatic ring is 2. The number of aryl methyl sites for hydroxylation is 2. The highest BCUT2D eigenvalue weighted by molar-refractivity contribution is 5.83. The Morgan fingerprint density at radius 1 is 0.529 bits per heavy atom. The van der Waals surface area contributed by atoms with E-state index in [0.29, 0.717) is 0 Å². The molecule has 1 aliphatic rings. The molecule has 2 nitrogen and oxygen atoms in total. The Kier molecular flexibility index (Phi) is 5.91. The maximum atomic E-state index is 6.98. The van der Waals surface area contributed by atoms with Crippen LogP contribution in [0.4, 0.5) is 11.4 Å². The van der Waals surface area contributed by atoms with Crippen LogP contribution in [0.3, 0.4) is 0 Å². The van der Waals surface area contributed by atoms with Crippen molar-refractivity contribution in [2.75, 3.05) is 11.5 Å². The Labute approximate surface area is 203 Å². The molecule has 5 rings (SSSR count). The second-order valence-electron chi connectivity index (χ2n) is 9.91. The molecule has 0 radical (unpaired) electrons. The van der Waals surface area contributed by atoms with E-state index in [1.807, 2.05) is 0 Å². The average Bonchev–Trinajstić information content (AvgIpc) is 2.86. The van der Waals surface area contributed by atoms with E-state index in [9.17, 15) is 0 Å². The third-order valence-corrected chi connectivity index (χ3v) is 7.68. The summed E-state index contributed by atoms with van der Waals surface area (Å²) in [6.07, 6.45) is 5.76. The van der Waals surface area contributed by atoms with Gasteiger partial charge in [0.25, 0.3) is 0 Å². The van der Waals surface area contributed by atoms with Crippen LogP contribution in [0.25, 0.3) is 22.3 Å². The zero-order valence-electron chi connectivity index (χ0n) is 20.3. The third kappa shape index (κ3) is 3.88. The van der Waals surface area contributed by atoms with Crippen LogP contribution in [0.15, 0.2) is 84.9 Å². The monoisotopic (exact) mass is 446 g/mol. The van der Waals surface area contributed by atoms with E-state index in [0.717, 1.165) is 46.5 Å². The predicted octanol–water partition coefficient (Wildman–Crippen LogP) is 8.05. The third-order valence-electron chi connectivity index (χ3n) is 7.68. The van der Waals surface area contributed by atoms with Gasteiger partial charge in [-0.3, -0.25) is 0 Å². The van der Waals surface area contributed by atoms with Crippen molar-refractivity contribution >= 4 is 11.4 Å². The first kappa shape index (κ1) is 22.3. The minimum Gasteiger partial charge on any atom is -0.398 e. The maximum absolute atomic E-state index is 6.98. The number of para-hydroxylation sites is 2. The molecular formula is C32H34N2. The van der Waals surface area contributed by atoms with Gasteiger partial charge in [-0.2, -0.15) is 0 Å². The molecule has 0 atom stereocenters. The lowest BCUT2D eigenvalue weighted by Gasteiger charge is -2.40. The summed E-state index contributed by atoms with van der Waals surface area (Å²) in [5.74, 6) is 0. The van der Waals surface area contributed by atoms with E-state index in [1.165, 1.54) is 41.5 Å². The van der Waals surface area contributed by atoms with Gasteiger partial charge in [-0.25, -0.2) is 0 Å². The number of benzene rings is 4. The topological polar surface area (TPSA) is 52.0 Å². The molecule has 0 aliphatic heterocycles. The van der Waals surface area contributed by atoms with Gasteiger partial charge in [0.1, 0.15) is 0 Å². The van der Waals surface area contributed by atoms with Gasteiger partial charge in [0.05, 0.1) is 0 Å². The van der Waals surface area contributed by atoms with Crippen LogP contribution in [-0.4, -0.2) is 0 Å². The van der Waals surface area contributed by atoms with Crippen molar-refractivity contribution in [1.29, 1.82) is 0 Å². The molecule has 1 fully saturated rings. The largest absolute Gasteiger partial charge is 0.398 e. The Morgan fingerprint density at radius 2 is 0.941 bits per heavy atom. The van der Waals surface area contributed by atoms with Gasteiger partial charge in [-0.05, 0) is 48.9 Å². The lowest BCUT2D eigenvalue weighted by molar-refractivity contribution is 0.348. The van der Waals surface area contributed by atoms with Gasteiger partial charge in [0.15, 0.2) is 0 Å². The summed E-state index contributed by atoms with van der Waals surface area (Å²) in [6.45, 7) is 4.23. The van der Waals surface area contributed by atoms with Crippen molar-refractivity contribution < 1.29 is 0 Å². The molecule has 0 spiro atoms.